The number of thioether (sulfide) groups is 3. The highest BCUT2D eigenvalue weighted by Gasteiger charge is 2.38. The van der Waals surface area contributed by atoms with E-state index in [1.807, 2.05) is 30.3 Å². The third-order valence-corrected chi connectivity index (χ3v) is 23.8. The van der Waals surface area contributed by atoms with Crippen molar-refractivity contribution in [2.45, 2.75) is 63.7 Å². The summed E-state index contributed by atoms with van der Waals surface area (Å²) in [5.74, 6) is -1.96. The topological polar surface area (TPSA) is 386 Å². The molecular weight excluding hydrogens is 1600 g/mol. The minimum Gasteiger partial charge on any atom is -0.497 e. The summed E-state index contributed by atoms with van der Waals surface area (Å²) in [7, 11) is -9.85. The molecule has 3 aliphatic rings. The fourth-order valence-electron chi connectivity index (χ4n) is 9.15. The van der Waals surface area contributed by atoms with Gasteiger partial charge in [-0.05, 0) is 167 Å². The number of anilines is 6. The summed E-state index contributed by atoms with van der Waals surface area (Å²) in [6.45, 7) is -0.230. The van der Waals surface area contributed by atoms with Gasteiger partial charge in [0.2, 0.25) is 17.7 Å². The first-order valence-corrected chi connectivity index (χ1v) is 40.4. The van der Waals surface area contributed by atoms with E-state index in [1.54, 1.807) is 90.0 Å². The number of hydrogen-bond acceptors (Lipinski definition) is 25. The monoisotopic (exact) mass is 1670 g/mol. The van der Waals surface area contributed by atoms with Crippen LogP contribution < -0.4 is 34.9 Å². The van der Waals surface area contributed by atoms with Crippen LogP contribution >= 0.6 is 80.9 Å². The Bertz CT molecular complexity index is 5160. The lowest BCUT2D eigenvalue weighted by Crippen LogP contribution is -2.31. The number of benzene rings is 6. The molecule has 0 unspecified atom stereocenters. The number of ether oxygens (including phenoxy) is 1. The van der Waals surface area contributed by atoms with Crippen LogP contribution in [0.25, 0.3) is 18.2 Å². The SMILES string of the molecule is C.C.C.C.COc1ccc(/C=C2\SC(=O)N(CCC(=O)Nc3ccc(S(=O)(=O)Nc4nccs4)cc3)C2=O)cc1.O=C(CCN1C(=O)S/C(=C\c2ccc(Cl)cc2)C1=O)Nc1ccc(S(=O)(=O)Nc2nccs2)cc1.O=C(CCN1C(=O)S/C(=C\c2ccccc2)C1=O)Nc1ccc(S(=O)(=O)Nc2nccs2)cc1. The molecule has 3 aliphatic heterocycles. The molecule has 38 heteroatoms. The van der Waals surface area contributed by atoms with Crippen LogP contribution in [-0.4, -0.2) is 133 Å². The summed E-state index contributed by atoms with van der Waals surface area (Å²) in [6, 6.07) is 39.9. The number of imide groups is 3. The standard InChI is InChI=1S/C23H20N4O6S3.C22H17ClN4O5S3.C22H18N4O5S3.4CH4/c1-33-17-6-2-15(3-7-17)14-19-21(29)27(23(30)35-19)12-10-20(28)25-16-4-8-18(9-5-16)36(31,32)26-22-24-11-13-34-22;23-15-3-1-14(2-4-15)13-18-20(29)27(22(30)34-18)11-9-19(28)25-16-5-7-17(8-6-16)35(31,32)26-21-24-10-12-33-21;27-19(10-12-26-20(28)18(33-22(26)29)14-15-4-2-1-3-5-15)24-16-6-8-17(9-7-16)34(30,31)25-21-23-11-13-32-21;;;;/h2-9,11,13-14H,10,12H2,1H3,(H,24,26)(H,25,28);1-8,10,12-13H,9,11H2,(H,24,26)(H,25,28);1-9,11,13-14H,10,12H2,(H,23,25)(H,24,27);4*1H4/b19-14-;18-13-;18-14-;;;;. The molecule has 0 saturated carbocycles. The highest BCUT2D eigenvalue weighted by atomic mass is 35.5. The molecule has 6 heterocycles. The van der Waals surface area contributed by atoms with E-state index in [9.17, 15) is 68.4 Å². The minimum absolute atomic E-state index is 0. The van der Waals surface area contributed by atoms with Gasteiger partial charge in [-0.25, -0.2) is 40.2 Å². The Hall–Kier alpha value is -10.4. The first kappa shape index (κ1) is 87.6. The summed E-state index contributed by atoms with van der Waals surface area (Å²) >= 11 is 11.8. The number of amides is 9. The van der Waals surface area contributed by atoms with E-state index < -0.39 is 81.2 Å². The number of thiazole rings is 3. The van der Waals surface area contributed by atoms with Crippen LogP contribution in [0.15, 0.2) is 216 Å². The van der Waals surface area contributed by atoms with E-state index in [1.165, 1.54) is 91.4 Å². The van der Waals surface area contributed by atoms with Gasteiger partial charge < -0.3 is 20.7 Å². The van der Waals surface area contributed by atoms with E-state index >= 15 is 0 Å². The predicted molar refractivity (Wildman–Crippen MR) is 434 cm³/mol. The van der Waals surface area contributed by atoms with E-state index in [-0.39, 0.29) is 108 Å². The third-order valence-electron chi connectivity index (χ3n) is 14.3. The molecule has 12 rings (SSSR count). The molecule has 6 N–H and O–H groups in total. The van der Waals surface area contributed by atoms with Crippen LogP contribution in [0.1, 0.15) is 65.7 Å². The summed E-state index contributed by atoms with van der Waals surface area (Å²) in [4.78, 5) is 127. The van der Waals surface area contributed by atoms with E-state index in [2.05, 4.69) is 45.1 Å². The maximum Gasteiger partial charge on any atom is 0.293 e. The Kier molecular flexibility index (Phi) is 32.3. The van der Waals surface area contributed by atoms with Crippen molar-refractivity contribution in [2.24, 2.45) is 0 Å². The van der Waals surface area contributed by atoms with Crippen molar-refractivity contribution < 1.29 is 73.1 Å². The Balaban J connectivity index is 0.000000251. The van der Waals surface area contributed by atoms with E-state index in [0.717, 1.165) is 101 Å². The van der Waals surface area contributed by atoms with Gasteiger partial charge >= 0.3 is 0 Å². The van der Waals surface area contributed by atoms with Crippen molar-refractivity contribution >= 4 is 213 Å². The second kappa shape index (κ2) is 40.2. The zero-order valence-electron chi connectivity index (χ0n) is 54.1. The van der Waals surface area contributed by atoms with Gasteiger partial charge in [0.05, 0.1) is 36.5 Å². The van der Waals surface area contributed by atoms with Gasteiger partial charge in [0.15, 0.2) is 15.4 Å². The number of rotatable bonds is 25. The summed E-state index contributed by atoms with van der Waals surface area (Å²) in [5.41, 5.74) is 3.41. The number of carbonyl (C=O) groups is 9. The number of sulfonamides is 3. The number of methoxy groups -OCH3 is 1. The number of carbonyl (C=O) groups excluding carboxylic acids is 9. The van der Waals surface area contributed by atoms with Crippen LogP contribution in [0.4, 0.5) is 46.8 Å². The van der Waals surface area contributed by atoms with Gasteiger partial charge in [-0.15, -0.1) is 34.0 Å². The molecule has 6 aromatic carbocycles. The second-order valence-corrected chi connectivity index (χ2v) is 32.7. The molecule has 0 spiro atoms. The number of aromatic nitrogens is 3. The van der Waals surface area contributed by atoms with Gasteiger partial charge in [0.25, 0.3) is 63.5 Å². The molecule has 3 aromatic heterocycles. The molecule has 9 amide bonds. The van der Waals surface area contributed by atoms with Gasteiger partial charge in [-0.2, -0.15) is 0 Å². The maximum absolute atomic E-state index is 12.7. The fraction of sp³-hybridized carbons (Fsp3) is 0.155. The largest absolute Gasteiger partial charge is 0.497 e. The van der Waals surface area contributed by atoms with Crippen molar-refractivity contribution in [2.75, 3.05) is 56.9 Å². The molecule has 0 bridgehead atoms. The molecular formula is C71H71ClN12O16S9. The maximum atomic E-state index is 12.7. The predicted octanol–water partition coefficient (Wildman–Crippen LogP) is 15.2. The summed E-state index contributed by atoms with van der Waals surface area (Å²) < 4.78 is 86.5. The molecule has 9 aromatic rings. The molecule has 3 saturated heterocycles. The van der Waals surface area contributed by atoms with Crippen molar-refractivity contribution in [1.29, 1.82) is 0 Å². The molecule has 3 fully saturated rings. The third kappa shape index (κ3) is 24.6. The van der Waals surface area contributed by atoms with Gasteiger partial charge in [0.1, 0.15) is 5.75 Å². The average molecular weight is 1670 g/mol. The molecule has 572 valence electrons. The Morgan fingerprint density at radius 1 is 0.413 bits per heavy atom. The van der Waals surface area contributed by atoms with Gasteiger partial charge in [-0.3, -0.25) is 72.0 Å². The lowest BCUT2D eigenvalue weighted by molar-refractivity contribution is -0.124. The van der Waals surface area contributed by atoms with Gasteiger partial charge in [0, 0.05) is 95.7 Å². The molecule has 0 atom stereocenters. The number of nitrogens with zero attached hydrogens (tertiary/aromatic N) is 6. The van der Waals surface area contributed by atoms with Crippen LogP contribution in [0.5, 0.6) is 5.75 Å². The summed E-state index contributed by atoms with van der Waals surface area (Å²) in [5, 5.41) is 12.8. The van der Waals surface area contributed by atoms with Crippen LogP contribution in [-0.2, 0) is 58.8 Å². The van der Waals surface area contributed by atoms with Crippen LogP contribution in [0.2, 0.25) is 5.02 Å². The lowest BCUT2D eigenvalue weighted by atomic mass is 10.2. The Labute approximate surface area is 659 Å². The van der Waals surface area contributed by atoms with Gasteiger partial charge in [-0.1, -0.05) is 95.9 Å². The van der Waals surface area contributed by atoms with Crippen molar-refractivity contribution in [3.63, 3.8) is 0 Å². The minimum atomic E-state index is -3.80. The molecule has 0 radical (unpaired) electrons. The summed E-state index contributed by atoms with van der Waals surface area (Å²) in [6.07, 6.45) is 9.00. The normalized spacial score (nSPS) is 14.4. The zero-order chi connectivity index (χ0) is 74.8. The second-order valence-electron chi connectivity index (χ2n) is 21.5. The zero-order valence-corrected chi connectivity index (χ0v) is 62.2. The van der Waals surface area contributed by atoms with Crippen LogP contribution in [0, 0.1) is 0 Å². The van der Waals surface area contributed by atoms with E-state index in [0.29, 0.717) is 32.7 Å². The molecule has 0 aliphatic carbocycles. The number of nitrogens with one attached hydrogen (secondary N) is 6. The Morgan fingerprint density at radius 2 is 0.697 bits per heavy atom. The Morgan fingerprint density at radius 3 is 0.972 bits per heavy atom. The quantitative estimate of drug-likeness (QED) is 0.0289. The fourth-order valence-corrected chi connectivity index (χ4v) is 17.2. The average Bonchev–Trinajstić information content (AvgIpc) is 1.81. The van der Waals surface area contributed by atoms with E-state index in [4.69, 9.17) is 16.3 Å². The molecule has 28 nitrogen and oxygen atoms in total. The van der Waals surface area contributed by atoms with Crippen molar-refractivity contribution in [1.82, 2.24) is 29.7 Å². The van der Waals surface area contributed by atoms with Crippen molar-refractivity contribution in [3.05, 3.63) is 223 Å². The first-order valence-electron chi connectivity index (χ1n) is 30.5. The number of halogens is 1. The molecule has 109 heavy (non-hydrogen) atoms. The highest BCUT2D eigenvalue weighted by molar-refractivity contribution is 8.19. The number of hydrogen-bond donors (Lipinski definition) is 6. The smallest absolute Gasteiger partial charge is 0.293 e. The highest BCUT2D eigenvalue weighted by Crippen LogP contribution is 2.36. The lowest BCUT2D eigenvalue weighted by Gasteiger charge is -2.12. The first-order chi connectivity index (χ1) is 50.3. The van der Waals surface area contributed by atoms with Crippen LogP contribution in [0.3, 0.4) is 0 Å². The van der Waals surface area contributed by atoms with Crippen molar-refractivity contribution in [3.8, 4) is 5.75 Å².